The first-order chi connectivity index (χ1) is 10.7. The number of hydrogen-bond acceptors (Lipinski definition) is 3. The van der Waals surface area contributed by atoms with Crippen LogP contribution in [0.1, 0.15) is 30.0 Å². The first-order valence-electron chi connectivity index (χ1n) is 7.54. The monoisotopic (exact) mass is 295 g/mol. The zero-order chi connectivity index (χ0) is 15.8. The van der Waals surface area contributed by atoms with Crippen molar-refractivity contribution < 1.29 is 9.47 Å². The molecular weight excluding hydrogens is 274 g/mol. The molecule has 3 heteroatoms. The van der Waals surface area contributed by atoms with E-state index in [4.69, 9.17) is 14.7 Å². The summed E-state index contributed by atoms with van der Waals surface area (Å²) < 4.78 is 11.5. The van der Waals surface area contributed by atoms with E-state index in [2.05, 4.69) is 37.3 Å². The van der Waals surface area contributed by atoms with Crippen LogP contribution in [-0.2, 0) is 13.0 Å². The van der Waals surface area contributed by atoms with E-state index in [1.165, 1.54) is 5.56 Å². The molecule has 0 radical (unpaired) electrons. The second-order valence-corrected chi connectivity index (χ2v) is 5.15. The Hall–Kier alpha value is -2.47. The van der Waals surface area contributed by atoms with E-state index in [1.54, 1.807) is 0 Å². The summed E-state index contributed by atoms with van der Waals surface area (Å²) >= 11 is 0. The van der Waals surface area contributed by atoms with Gasteiger partial charge in [0.2, 0.25) is 0 Å². The van der Waals surface area contributed by atoms with Gasteiger partial charge in [0.25, 0.3) is 0 Å². The molecule has 0 unspecified atom stereocenters. The third-order valence-corrected chi connectivity index (χ3v) is 3.35. The van der Waals surface area contributed by atoms with Crippen LogP contribution in [0.3, 0.4) is 0 Å². The van der Waals surface area contributed by atoms with Gasteiger partial charge in [-0.25, -0.2) is 0 Å². The third-order valence-electron chi connectivity index (χ3n) is 3.35. The molecule has 2 aromatic carbocycles. The summed E-state index contributed by atoms with van der Waals surface area (Å²) in [6.07, 6.45) is 1.24. The SMILES string of the molecule is CCOc1cc(CCC#N)ccc1OCc1ccc(C)cc1. The zero-order valence-electron chi connectivity index (χ0n) is 13.1. The number of nitrogens with zero attached hydrogens (tertiary/aromatic N) is 1. The van der Waals surface area contributed by atoms with Crippen LogP contribution in [0.2, 0.25) is 0 Å². The summed E-state index contributed by atoms with van der Waals surface area (Å²) in [4.78, 5) is 0. The second-order valence-electron chi connectivity index (χ2n) is 5.15. The van der Waals surface area contributed by atoms with Gasteiger partial charge in [-0.2, -0.15) is 5.26 Å². The van der Waals surface area contributed by atoms with E-state index < -0.39 is 0 Å². The average molecular weight is 295 g/mol. The summed E-state index contributed by atoms with van der Waals surface area (Å²) in [5.41, 5.74) is 3.45. The van der Waals surface area contributed by atoms with Crippen molar-refractivity contribution >= 4 is 0 Å². The summed E-state index contributed by atoms with van der Waals surface area (Å²) in [6.45, 7) is 5.12. The quantitative estimate of drug-likeness (QED) is 0.759. The summed E-state index contributed by atoms with van der Waals surface area (Å²) in [7, 11) is 0. The van der Waals surface area contributed by atoms with Crippen molar-refractivity contribution in [1.29, 1.82) is 5.26 Å². The largest absolute Gasteiger partial charge is 0.490 e. The minimum Gasteiger partial charge on any atom is -0.490 e. The number of aryl methyl sites for hydroxylation is 2. The summed E-state index contributed by atoms with van der Waals surface area (Å²) in [6, 6.07) is 16.3. The van der Waals surface area contributed by atoms with Crippen molar-refractivity contribution in [3.8, 4) is 17.6 Å². The Morgan fingerprint density at radius 2 is 1.68 bits per heavy atom. The molecule has 0 aliphatic carbocycles. The van der Waals surface area contributed by atoms with Crippen LogP contribution in [0.15, 0.2) is 42.5 Å². The molecule has 0 aromatic heterocycles. The molecular formula is C19H21NO2. The third kappa shape index (κ3) is 4.53. The van der Waals surface area contributed by atoms with Crippen molar-refractivity contribution in [3.05, 3.63) is 59.2 Å². The second kappa shape index (κ2) is 8.09. The molecule has 22 heavy (non-hydrogen) atoms. The van der Waals surface area contributed by atoms with Crippen molar-refractivity contribution in [2.24, 2.45) is 0 Å². The van der Waals surface area contributed by atoms with E-state index in [0.29, 0.717) is 19.6 Å². The molecule has 0 saturated heterocycles. The van der Waals surface area contributed by atoms with Crippen molar-refractivity contribution in [3.63, 3.8) is 0 Å². The Kier molecular flexibility index (Phi) is 5.85. The lowest BCUT2D eigenvalue weighted by Gasteiger charge is -2.13. The van der Waals surface area contributed by atoms with E-state index in [-0.39, 0.29) is 0 Å². The number of ether oxygens (including phenoxy) is 2. The molecule has 0 aliphatic rings. The lowest BCUT2D eigenvalue weighted by atomic mass is 10.1. The molecule has 0 atom stereocenters. The highest BCUT2D eigenvalue weighted by Gasteiger charge is 2.07. The highest BCUT2D eigenvalue weighted by atomic mass is 16.5. The molecule has 0 spiro atoms. The van der Waals surface area contributed by atoms with Crippen LogP contribution >= 0.6 is 0 Å². The number of benzene rings is 2. The number of rotatable bonds is 7. The molecule has 0 aliphatic heterocycles. The van der Waals surface area contributed by atoms with Crippen molar-refractivity contribution in [2.75, 3.05) is 6.61 Å². The lowest BCUT2D eigenvalue weighted by Crippen LogP contribution is -2.00. The van der Waals surface area contributed by atoms with Crippen LogP contribution in [0.4, 0.5) is 0 Å². The fourth-order valence-corrected chi connectivity index (χ4v) is 2.14. The van der Waals surface area contributed by atoms with E-state index in [9.17, 15) is 0 Å². The fraction of sp³-hybridized carbons (Fsp3) is 0.316. The van der Waals surface area contributed by atoms with Gasteiger partial charge in [0.1, 0.15) is 6.61 Å². The molecule has 3 nitrogen and oxygen atoms in total. The molecule has 2 rings (SSSR count). The van der Waals surface area contributed by atoms with Gasteiger partial charge in [0.05, 0.1) is 12.7 Å². The topological polar surface area (TPSA) is 42.2 Å². The fourth-order valence-electron chi connectivity index (χ4n) is 2.14. The maximum absolute atomic E-state index is 8.68. The van der Waals surface area contributed by atoms with Gasteiger partial charge < -0.3 is 9.47 Å². The molecule has 0 bridgehead atoms. The van der Waals surface area contributed by atoms with Crippen molar-refractivity contribution in [1.82, 2.24) is 0 Å². The first kappa shape index (κ1) is 15.9. The Morgan fingerprint density at radius 3 is 2.36 bits per heavy atom. The van der Waals surface area contributed by atoms with Crippen molar-refractivity contribution in [2.45, 2.75) is 33.3 Å². The number of nitriles is 1. The standard InChI is InChI=1S/C19H21NO2/c1-3-21-19-13-16(5-4-12-20)10-11-18(19)22-14-17-8-6-15(2)7-9-17/h6-11,13H,3-5,14H2,1-2H3. The molecule has 0 amide bonds. The smallest absolute Gasteiger partial charge is 0.161 e. The average Bonchev–Trinajstić information content (AvgIpc) is 2.54. The van der Waals surface area contributed by atoms with Gasteiger partial charge in [0.15, 0.2) is 11.5 Å². The van der Waals surface area contributed by atoms with E-state index >= 15 is 0 Å². The maximum atomic E-state index is 8.68. The van der Waals surface area contributed by atoms with E-state index in [1.807, 2.05) is 25.1 Å². The lowest BCUT2D eigenvalue weighted by molar-refractivity contribution is 0.269. The first-order valence-corrected chi connectivity index (χ1v) is 7.54. The zero-order valence-corrected chi connectivity index (χ0v) is 13.1. The van der Waals surface area contributed by atoms with Gasteiger partial charge in [-0.05, 0) is 43.5 Å². The molecule has 0 N–H and O–H groups in total. The van der Waals surface area contributed by atoms with Crippen LogP contribution < -0.4 is 9.47 Å². The highest BCUT2D eigenvalue weighted by molar-refractivity contribution is 5.43. The van der Waals surface area contributed by atoms with Gasteiger partial charge in [0, 0.05) is 6.42 Å². The minimum atomic E-state index is 0.509. The van der Waals surface area contributed by atoms with Crippen LogP contribution in [0, 0.1) is 18.3 Å². The normalized spacial score (nSPS) is 10.0. The highest BCUT2D eigenvalue weighted by Crippen LogP contribution is 2.29. The van der Waals surface area contributed by atoms with Gasteiger partial charge in [-0.3, -0.25) is 0 Å². The Bertz CT molecular complexity index is 641. The molecule has 0 saturated carbocycles. The Labute approximate surface area is 132 Å². The maximum Gasteiger partial charge on any atom is 0.161 e. The molecule has 114 valence electrons. The predicted octanol–water partition coefficient (Wildman–Crippen LogP) is 4.43. The van der Waals surface area contributed by atoms with Gasteiger partial charge in [-0.1, -0.05) is 35.9 Å². The Balaban J connectivity index is 2.08. The molecule has 0 heterocycles. The van der Waals surface area contributed by atoms with Gasteiger partial charge in [-0.15, -0.1) is 0 Å². The predicted molar refractivity (Wildman–Crippen MR) is 87.1 cm³/mol. The van der Waals surface area contributed by atoms with E-state index in [0.717, 1.165) is 29.0 Å². The summed E-state index contributed by atoms with van der Waals surface area (Å²) in [5, 5.41) is 8.68. The van der Waals surface area contributed by atoms with Crippen LogP contribution in [0.25, 0.3) is 0 Å². The summed E-state index contributed by atoms with van der Waals surface area (Å²) in [5.74, 6) is 1.48. The molecule has 2 aromatic rings. The number of hydrogen-bond donors (Lipinski definition) is 0. The Morgan fingerprint density at radius 1 is 0.955 bits per heavy atom. The van der Waals surface area contributed by atoms with Crippen LogP contribution in [-0.4, -0.2) is 6.61 Å². The van der Waals surface area contributed by atoms with Gasteiger partial charge >= 0.3 is 0 Å². The minimum absolute atomic E-state index is 0.509. The van der Waals surface area contributed by atoms with Crippen LogP contribution in [0.5, 0.6) is 11.5 Å². The molecule has 0 fully saturated rings.